The van der Waals surface area contributed by atoms with E-state index >= 15 is 0 Å². The van der Waals surface area contributed by atoms with Crippen LogP contribution in [-0.2, 0) is 14.3 Å². The molecule has 2 amide bonds. The summed E-state index contributed by atoms with van der Waals surface area (Å²) in [6.45, 7) is 6.66. The number of hydrogen-bond donors (Lipinski definition) is 2. The molecule has 1 unspecified atom stereocenters. The molecule has 0 aliphatic heterocycles. The molecule has 0 aromatic heterocycles. The second kappa shape index (κ2) is 10.2. The van der Waals surface area contributed by atoms with Crippen LogP contribution in [0, 0.1) is 0 Å². The Bertz CT molecular complexity index is 971. The number of carbonyl (C=O) groups excluding carboxylic acids is 3. The Morgan fingerprint density at radius 2 is 1.74 bits per heavy atom. The summed E-state index contributed by atoms with van der Waals surface area (Å²) in [5.74, 6) is -0.873. The number of esters is 1. The van der Waals surface area contributed by atoms with Crippen LogP contribution in [0.5, 0.6) is 5.75 Å². The van der Waals surface area contributed by atoms with Gasteiger partial charge >= 0.3 is 12.1 Å². The van der Waals surface area contributed by atoms with Crippen molar-refractivity contribution < 1.29 is 28.6 Å². The first-order valence-electron chi connectivity index (χ1n) is 9.44. The molecule has 2 N–H and O–H groups in total. The number of benzene rings is 2. The van der Waals surface area contributed by atoms with Gasteiger partial charge in [-0.2, -0.15) is 0 Å². The van der Waals surface area contributed by atoms with Gasteiger partial charge in [0.15, 0.2) is 6.10 Å². The van der Waals surface area contributed by atoms with Crippen molar-refractivity contribution in [2.24, 2.45) is 0 Å². The zero-order valence-corrected chi connectivity index (χ0v) is 18.7. The second-order valence-corrected chi connectivity index (χ2v) is 8.03. The Morgan fingerprint density at radius 3 is 2.39 bits per heavy atom. The summed E-state index contributed by atoms with van der Waals surface area (Å²) >= 11 is 5.96. The third-order valence-corrected chi connectivity index (χ3v) is 4.05. The minimum atomic E-state index is -1.10. The maximum absolute atomic E-state index is 12.5. The van der Waals surface area contributed by atoms with E-state index in [0.717, 1.165) is 0 Å². The zero-order chi connectivity index (χ0) is 23.2. The van der Waals surface area contributed by atoms with Crippen LogP contribution in [0.15, 0.2) is 42.5 Å². The van der Waals surface area contributed by atoms with Gasteiger partial charge in [-0.3, -0.25) is 10.1 Å². The molecule has 0 bridgehead atoms. The summed E-state index contributed by atoms with van der Waals surface area (Å²) in [7, 11) is 1.46. The normalized spacial score (nSPS) is 11.8. The van der Waals surface area contributed by atoms with Gasteiger partial charge < -0.3 is 19.5 Å². The summed E-state index contributed by atoms with van der Waals surface area (Å²) < 4.78 is 15.6. The molecular formula is C22H25ClN2O6. The number of rotatable bonds is 6. The van der Waals surface area contributed by atoms with Gasteiger partial charge in [-0.25, -0.2) is 9.59 Å². The number of nitrogens with one attached hydrogen (secondary N) is 2. The summed E-state index contributed by atoms with van der Waals surface area (Å²) in [5.41, 5.74) is 0.208. The molecular weight excluding hydrogens is 424 g/mol. The van der Waals surface area contributed by atoms with E-state index in [4.69, 9.17) is 25.8 Å². The van der Waals surface area contributed by atoms with Gasteiger partial charge in [-0.15, -0.1) is 0 Å². The standard InChI is InChI=1S/C22H25ClN2O6/c1-13(19(26)25-17-12-15(23)9-10-18(17)29-5)30-20(27)14-7-6-8-16(11-14)24-21(28)31-22(2,3)4/h6-13H,1-5H3,(H,24,28)(H,25,26). The van der Waals surface area contributed by atoms with Gasteiger partial charge in [0.05, 0.1) is 18.4 Å². The number of ether oxygens (including phenoxy) is 3. The maximum atomic E-state index is 12.5. The fraction of sp³-hybridized carbons (Fsp3) is 0.318. The SMILES string of the molecule is COc1ccc(Cl)cc1NC(=O)C(C)OC(=O)c1cccc(NC(=O)OC(C)(C)C)c1. The molecule has 9 heteroatoms. The number of carbonyl (C=O) groups is 3. The highest BCUT2D eigenvalue weighted by atomic mass is 35.5. The fourth-order valence-corrected chi connectivity index (χ4v) is 2.61. The van der Waals surface area contributed by atoms with Gasteiger partial charge in [0.2, 0.25) is 0 Å². The summed E-state index contributed by atoms with van der Waals surface area (Å²) in [4.78, 5) is 36.8. The molecule has 0 radical (unpaired) electrons. The molecule has 0 spiro atoms. The summed E-state index contributed by atoms with van der Waals surface area (Å²) in [5, 5.41) is 5.58. The van der Waals surface area contributed by atoms with Crippen LogP contribution in [0.1, 0.15) is 38.1 Å². The van der Waals surface area contributed by atoms with Gasteiger partial charge in [-0.05, 0) is 64.1 Å². The average Bonchev–Trinajstić information content (AvgIpc) is 2.66. The van der Waals surface area contributed by atoms with Crippen molar-refractivity contribution in [1.82, 2.24) is 0 Å². The van der Waals surface area contributed by atoms with E-state index in [-0.39, 0.29) is 5.56 Å². The first-order chi connectivity index (χ1) is 14.5. The van der Waals surface area contributed by atoms with Crippen molar-refractivity contribution >= 4 is 40.9 Å². The lowest BCUT2D eigenvalue weighted by Crippen LogP contribution is -2.30. The third-order valence-electron chi connectivity index (χ3n) is 3.82. The fourth-order valence-electron chi connectivity index (χ4n) is 2.44. The maximum Gasteiger partial charge on any atom is 0.412 e. The third kappa shape index (κ3) is 7.49. The van der Waals surface area contributed by atoms with Crippen LogP contribution in [0.4, 0.5) is 16.2 Å². The highest BCUT2D eigenvalue weighted by molar-refractivity contribution is 6.31. The van der Waals surface area contributed by atoms with E-state index < -0.39 is 29.7 Å². The number of halogens is 1. The predicted molar refractivity (Wildman–Crippen MR) is 118 cm³/mol. The van der Waals surface area contributed by atoms with Crippen LogP contribution in [0.3, 0.4) is 0 Å². The van der Waals surface area contributed by atoms with Gasteiger partial charge in [0, 0.05) is 10.7 Å². The first kappa shape index (κ1) is 24.0. The van der Waals surface area contributed by atoms with Crippen LogP contribution >= 0.6 is 11.6 Å². The Kier molecular flexibility index (Phi) is 7.88. The highest BCUT2D eigenvalue weighted by Gasteiger charge is 2.21. The predicted octanol–water partition coefficient (Wildman–Crippen LogP) is 4.88. The molecule has 0 saturated carbocycles. The van der Waals surface area contributed by atoms with Crippen molar-refractivity contribution in [2.75, 3.05) is 17.7 Å². The van der Waals surface area contributed by atoms with Crippen molar-refractivity contribution in [3.8, 4) is 5.75 Å². The number of amides is 2. The quantitative estimate of drug-likeness (QED) is 0.610. The molecule has 31 heavy (non-hydrogen) atoms. The summed E-state index contributed by atoms with van der Waals surface area (Å²) in [6, 6.07) is 10.9. The monoisotopic (exact) mass is 448 g/mol. The van der Waals surface area contributed by atoms with E-state index in [9.17, 15) is 14.4 Å². The Balaban J connectivity index is 2.02. The number of hydrogen-bond acceptors (Lipinski definition) is 6. The van der Waals surface area contributed by atoms with E-state index in [1.54, 1.807) is 45.0 Å². The number of methoxy groups -OCH3 is 1. The van der Waals surface area contributed by atoms with Crippen LogP contribution in [0.25, 0.3) is 0 Å². The van der Waals surface area contributed by atoms with E-state index in [1.807, 2.05) is 0 Å². The van der Waals surface area contributed by atoms with Crippen molar-refractivity contribution in [1.29, 1.82) is 0 Å². The number of anilines is 2. The van der Waals surface area contributed by atoms with Crippen molar-refractivity contribution in [3.05, 3.63) is 53.1 Å². The molecule has 2 rings (SSSR count). The average molecular weight is 449 g/mol. The molecule has 0 heterocycles. The van der Waals surface area contributed by atoms with Crippen LogP contribution in [0.2, 0.25) is 5.02 Å². The van der Waals surface area contributed by atoms with E-state index in [1.165, 1.54) is 32.2 Å². The largest absolute Gasteiger partial charge is 0.495 e. The van der Waals surface area contributed by atoms with Gasteiger partial charge in [-0.1, -0.05) is 17.7 Å². The molecule has 1 atom stereocenters. The van der Waals surface area contributed by atoms with E-state index in [0.29, 0.717) is 22.1 Å². The molecule has 0 saturated heterocycles. The van der Waals surface area contributed by atoms with Crippen molar-refractivity contribution in [3.63, 3.8) is 0 Å². The first-order valence-corrected chi connectivity index (χ1v) is 9.82. The lowest BCUT2D eigenvalue weighted by molar-refractivity contribution is -0.123. The molecule has 166 valence electrons. The van der Waals surface area contributed by atoms with Crippen LogP contribution in [-0.4, -0.2) is 36.8 Å². The minimum absolute atomic E-state index is 0.161. The summed E-state index contributed by atoms with van der Waals surface area (Å²) in [6.07, 6.45) is -1.75. The topological polar surface area (TPSA) is 103 Å². The Morgan fingerprint density at radius 1 is 1.03 bits per heavy atom. The van der Waals surface area contributed by atoms with E-state index in [2.05, 4.69) is 10.6 Å². The van der Waals surface area contributed by atoms with Crippen molar-refractivity contribution in [2.45, 2.75) is 39.4 Å². The highest BCUT2D eigenvalue weighted by Crippen LogP contribution is 2.28. The molecule has 8 nitrogen and oxygen atoms in total. The molecule has 2 aromatic rings. The van der Waals surface area contributed by atoms with Gasteiger partial charge in [0.25, 0.3) is 5.91 Å². The lowest BCUT2D eigenvalue weighted by atomic mass is 10.2. The lowest BCUT2D eigenvalue weighted by Gasteiger charge is -2.19. The second-order valence-electron chi connectivity index (χ2n) is 7.59. The molecule has 0 aliphatic rings. The Labute approximate surface area is 185 Å². The molecule has 2 aromatic carbocycles. The molecule has 0 aliphatic carbocycles. The minimum Gasteiger partial charge on any atom is -0.495 e. The smallest absolute Gasteiger partial charge is 0.412 e. The zero-order valence-electron chi connectivity index (χ0n) is 17.9. The van der Waals surface area contributed by atoms with Crippen LogP contribution < -0.4 is 15.4 Å². The Hall–Kier alpha value is -3.26. The molecule has 0 fully saturated rings. The van der Waals surface area contributed by atoms with Gasteiger partial charge in [0.1, 0.15) is 11.4 Å².